The van der Waals surface area contributed by atoms with E-state index in [0.29, 0.717) is 28.4 Å². The molecular formula is C25H21BrClNO3. The van der Waals surface area contributed by atoms with E-state index in [9.17, 15) is 14.7 Å². The van der Waals surface area contributed by atoms with Crippen LogP contribution in [0.25, 0.3) is 0 Å². The first-order valence-electron chi connectivity index (χ1n) is 9.88. The zero-order valence-electron chi connectivity index (χ0n) is 17.2. The fourth-order valence-corrected chi connectivity index (χ4v) is 4.45. The van der Waals surface area contributed by atoms with Crippen LogP contribution in [0.2, 0.25) is 5.02 Å². The van der Waals surface area contributed by atoms with Crippen molar-refractivity contribution in [3.63, 3.8) is 0 Å². The number of rotatable bonds is 5. The van der Waals surface area contributed by atoms with Gasteiger partial charge < -0.3 is 10.0 Å². The molecule has 1 N–H and O–H groups in total. The van der Waals surface area contributed by atoms with Gasteiger partial charge in [-0.3, -0.25) is 9.59 Å². The van der Waals surface area contributed by atoms with Crippen molar-refractivity contribution in [2.24, 2.45) is 0 Å². The normalized spacial score (nSPS) is 17.7. The lowest BCUT2D eigenvalue weighted by atomic mass is 9.88. The van der Waals surface area contributed by atoms with Crippen molar-refractivity contribution in [2.75, 3.05) is 4.90 Å². The molecule has 3 aromatic rings. The predicted molar refractivity (Wildman–Crippen MR) is 126 cm³/mol. The standard InChI is InChI=1S/C25H21BrClNO3/c1-15-3-4-16(2)18(11-15)14-28-22-10-7-19(26)12-21(22)25(31,24(28)30)13-23(29)17-5-8-20(27)9-6-17/h3-12,31H,13-14H2,1-2H3. The maximum Gasteiger partial charge on any atom is 0.264 e. The molecule has 0 radical (unpaired) electrons. The molecule has 4 rings (SSSR count). The second kappa shape index (κ2) is 8.23. The number of halogens is 2. The smallest absolute Gasteiger partial charge is 0.264 e. The van der Waals surface area contributed by atoms with Gasteiger partial charge in [-0.1, -0.05) is 51.3 Å². The van der Waals surface area contributed by atoms with E-state index >= 15 is 0 Å². The van der Waals surface area contributed by atoms with Gasteiger partial charge in [0.1, 0.15) is 0 Å². The molecule has 0 bridgehead atoms. The molecule has 0 aromatic heterocycles. The van der Waals surface area contributed by atoms with Crippen molar-refractivity contribution in [3.8, 4) is 0 Å². The van der Waals surface area contributed by atoms with Gasteiger partial charge in [0.05, 0.1) is 18.7 Å². The number of hydrogen-bond acceptors (Lipinski definition) is 3. The Bertz CT molecular complexity index is 1190. The van der Waals surface area contributed by atoms with Gasteiger partial charge >= 0.3 is 0 Å². The van der Waals surface area contributed by atoms with Crippen LogP contribution < -0.4 is 4.90 Å². The molecule has 1 heterocycles. The molecule has 0 aliphatic carbocycles. The maximum absolute atomic E-state index is 13.5. The molecule has 1 amide bonds. The summed E-state index contributed by atoms with van der Waals surface area (Å²) in [6, 6.07) is 17.9. The first-order chi connectivity index (χ1) is 14.7. The summed E-state index contributed by atoms with van der Waals surface area (Å²) in [5, 5.41) is 12.1. The lowest BCUT2D eigenvalue weighted by Gasteiger charge is -2.23. The van der Waals surface area contributed by atoms with E-state index in [2.05, 4.69) is 15.9 Å². The second-order valence-electron chi connectivity index (χ2n) is 7.95. The van der Waals surface area contributed by atoms with Gasteiger partial charge in [-0.2, -0.15) is 0 Å². The zero-order valence-corrected chi connectivity index (χ0v) is 19.5. The van der Waals surface area contributed by atoms with Gasteiger partial charge in [-0.15, -0.1) is 0 Å². The largest absolute Gasteiger partial charge is 0.375 e. The molecule has 0 spiro atoms. The molecule has 31 heavy (non-hydrogen) atoms. The van der Waals surface area contributed by atoms with E-state index in [-0.39, 0.29) is 12.2 Å². The average Bonchev–Trinajstić information content (AvgIpc) is 2.92. The Morgan fingerprint density at radius 2 is 1.77 bits per heavy atom. The topological polar surface area (TPSA) is 57.6 Å². The summed E-state index contributed by atoms with van der Waals surface area (Å²) in [6.45, 7) is 4.31. The maximum atomic E-state index is 13.5. The minimum absolute atomic E-state index is 0.318. The molecule has 158 valence electrons. The average molecular weight is 499 g/mol. The number of benzene rings is 3. The number of fused-ring (bicyclic) bond motifs is 1. The molecule has 0 saturated carbocycles. The third kappa shape index (κ3) is 4.05. The summed E-state index contributed by atoms with van der Waals surface area (Å²) in [7, 11) is 0. The Labute approximate surface area is 194 Å². The highest BCUT2D eigenvalue weighted by atomic mass is 79.9. The Morgan fingerprint density at radius 3 is 2.48 bits per heavy atom. The van der Waals surface area contributed by atoms with Crippen molar-refractivity contribution in [1.82, 2.24) is 0 Å². The number of amides is 1. The fraction of sp³-hybridized carbons (Fsp3) is 0.200. The van der Waals surface area contributed by atoms with Gasteiger partial charge in [0.15, 0.2) is 11.4 Å². The highest BCUT2D eigenvalue weighted by Gasteiger charge is 2.51. The SMILES string of the molecule is Cc1ccc(C)c(CN2C(=O)C(O)(CC(=O)c3ccc(Cl)cc3)c3cc(Br)ccc32)c1. The summed E-state index contributed by atoms with van der Waals surface area (Å²) in [5.41, 5.74) is 2.65. The zero-order chi connectivity index (χ0) is 22.3. The summed E-state index contributed by atoms with van der Waals surface area (Å²) in [5.74, 6) is -0.823. The molecule has 1 aliphatic heterocycles. The van der Waals surface area contributed by atoms with Crippen LogP contribution in [0, 0.1) is 13.8 Å². The summed E-state index contributed by atoms with van der Waals surface area (Å²) >= 11 is 9.34. The molecule has 1 unspecified atom stereocenters. The molecule has 0 saturated heterocycles. The van der Waals surface area contributed by atoms with Crippen LogP contribution in [-0.2, 0) is 16.9 Å². The van der Waals surface area contributed by atoms with E-state index in [1.807, 2.05) is 38.1 Å². The second-order valence-corrected chi connectivity index (χ2v) is 9.30. The first-order valence-corrected chi connectivity index (χ1v) is 11.1. The van der Waals surface area contributed by atoms with Gasteiger partial charge in [0, 0.05) is 20.6 Å². The van der Waals surface area contributed by atoms with Crippen molar-refractivity contribution < 1.29 is 14.7 Å². The monoisotopic (exact) mass is 497 g/mol. The Morgan fingerprint density at radius 1 is 1.06 bits per heavy atom. The van der Waals surface area contributed by atoms with E-state index < -0.39 is 11.5 Å². The molecule has 0 fully saturated rings. The molecular weight excluding hydrogens is 478 g/mol. The van der Waals surface area contributed by atoms with Crippen LogP contribution in [-0.4, -0.2) is 16.8 Å². The number of carbonyl (C=O) groups excluding carboxylic acids is 2. The first kappa shape index (κ1) is 21.8. The number of aryl methyl sites for hydroxylation is 2. The Hall–Kier alpha value is -2.47. The van der Waals surface area contributed by atoms with Crippen LogP contribution in [0.4, 0.5) is 5.69 Å². The molecule has 3 aromatic carbocycles. The van der Waals surface area contributed by atoms with E-state index in [1.54, 1.807) is 41.3 Å². The van der Waals surface area contributed by atoms with Crippen molar-refractivity contribution >= 4 is 44.9 Å². The van der Waals surface area contributed by atoms with Crippen molar-refractivity contribution in [1.29, 1.82) is 0 Å². The van der Waals surface area contributed by atoms with Crippen LogP contribution in [0.1, 0.15) is 39.0 Å². The minimum Gasteiger partial charge on any atom is -0.375 e. The number of carbonyl (C=O) groups is 2. The summed E-state index contributed by atoms with van der Waals surface area (Å²) < 4.78 is 0.727. The number of hydrogen-bond donors (Lipinski definition) is 1. The Kier molecular flexibility index (Phi) is 5.77. The molecule has 6 heteroatoms. The van der Waals surface area contributed by atoms with Crippen LogP contribution in [0.5, 0.6) is 0 Å². The van der Waals surface area contributed by atoms with Crippen molar-refractivity contribution in [2.45, 2.75) is 32.4 Å². The minimum atomic E-state index is -1.94. The third-order valence-electron chi connectivity index (χ3n) is 5.71. The summed E-state index contributed by atoms with van der Waals surface area (Å²) in [6.07, 6.45) is -0.347. The number of nitrogens with zero attached hydrogens (tertiary/aromatic N) is 1. The lowest BCUT2D eigenvalue weighted by Crippen LogP contribution is -2.41. The van der Waals surface area contributed by atoms with Gasteiger partial charge in [-0.05, 0) is 67.4 Å². The van der Waals surface area contributed by atoms with Crippen LogP contribution in [0.15, 0.2) is 65.1 Å². The van der Waals surface area contributed by atoms with E-state index in [0.717, 1.165) is 21.2 Å². The predicted octanol–water partition coefficient (Wildman–Crippen LogP) is 5.73. The quantitative estimate of drug-likeness (QED) is 0.457. The van der Waals surface area contributed by atoms with Gasteiger partial charge in [0.25, 0.3) is 5.91 Å². The van der Waals surface area contributed by atoms with Crippen LogP contribution >= 0.6 is 27.5 Å². The number of anilines is 1. The number of ketones is 1. The highest BCUT2D eigenvalue weighted by Crippen LogP contribution is 2.45. The third-order valence-corrected chi connectivity index (χ3v) is 6.45. The number of aliphatic hydroxyl groups is 1. The molecule has 4 nitrogen and oxygen atoms in total. The van der Waals surface area contributed by atoms with Gasteiger partial charge in [-0.25, -0.2) is 0 Å². The summed E-state index contributed by atoms with van der Waals surface area (Å²) in [4.78, 5) is 28.0. The van der Waals surface area contributed by atoms with E-state index in [1.165, 1.54) is 0 Å². The van der Waals surface area contributed by atoms with E-state index in [4.69, 9.17) is 11.6 Å². The fourth-order valence-electron chi connectivity index (χ4n) is 3.96. The lowest BCUT2D eigenvalue weighted by molar-refractivity contribution is -0.136. The van der Waals surface area contributed by atoms with Crippen molar-refractivity contribution in [3.05, 3.63) is 98.0 Å². The van der Waals surface area contributed by atoms with Gasteiger partial charge in [0.2, 0.25) is 0 Å². The molecule has 1 atom stereocenters. The van der Waals surface area contributed by atoms with Crippen LogP contribution in [0.3, 0.4) is 0 Å². The Balaban J connectivity index is 1.72. The highest BCUT2D eigenvalue weighted by molar-refractivity contribution is 9.10. The number of Topliss-reactive ketones (excluding diaryl/α,β-unsaturated/α-hetero) is 1. The molecule has 1 aliphatic rings.